The molecule has 3 heteroatoms. The van der Waals surface area contributed by atoms with Crippen molar-refractivity contribution in [3.05, 3.63) is 35.4 Å². The fourth-order valence-corrected chi connectivity index (χ4v) is 3.01. The minimum Gasteiger partial charge on any atom is -0.394 e. The second-order valence-corrected chi connectivity index (χ2v) is 5.80. The van der Waals surface area contributed by atoms with Crippen LogP contribution < -0.4 is 5.32 Å². The molecule has 2 atom stereocenters. The molecule has 2 rings (SSSR count). The lowest BCUT2D eigenvalue weighted by molar-refractivity contribution is 0.0982. The van der Waals surface area contributed by atoms with E-state index in [0.29, 0.717) is 11.5 Å². The van der Waals surface area contributed by atoms with Crippen LogP contribution >= 0.6 is 0 Å². The van der Waals surface area contributed by atoms with E-state index >= 15 is 0 Å². The topological polar surface area (TPSA) is 56.0 Å². The zero-order chi connectivity index (χ0) is 13.7. The van der Waals surface area contributed by atoms with Gasteiger partial charge >= 0.3 is 0 Å². The first-order valence-electron chi connectivity index (χ1n) is 7.02. The zero-order valence-corrected chi connectivity index (χ0v) is 11.5. The molecule has 3 nitrogen and oxygen atoms in total. The number of hydrogen-bond donors (Lipinski definition) is 2. The number of benzene rings is 1. The SMILES string of the molecule is CC1CCCC(CO)(NCc2ccc(C#N)cc2)C1. The standard InChI is InChI=1S/C16H22N2O/c1-13-3-2-8-16(9-13,12-19)18-11-15-6-4-14(10-17)5-7-15/h4-7,13,18-19H,2-3,8-9,11-12H2,1H3. The Hall–Kier alpha value is -1.37. The molecular formula is C16H22N2O. The smallest absolute Gasteiger partial charge is 0.0991 e. The Labute approximate surface area is 115 Å². The van der Waals surface area contributed by atoms with Gasteiger partial charge in [0.1, 0.15) is 0 Å². The minimum atomic E-state index is -0.119. The van der Waals surface area contributed by atoms with Gasteiger partial charge in [0.15, 0.2) is 0 Å². The molecule has 0 amide bonds. The summed E-state index contributed by atoms with van der Waals surface area (Å²) in [5.41, 5.74) is 1.72. The fraction of sp³-hybridized carbons (Fsp3) is 0.562. The van der Waals surface area contributed by atoms with Crippen LogP contribution in [0.1, 0.15) is 43.7 Å². The molecule has 1 aromatic rings. The van der Waals surface area contributed by atoms with Gasteiger partial charge in [0, 0.05) is 12.1 Å². The first-order valence-corrected chi connectivity index (χ1v) is 7.02. The predicted octanol–water partition coefficient (Wildman–Crippen LogP) is 2.59. The van der Waals surface area contributed by atoms with E-state index in [1.54, 1.807) is 0 Å². The Morgan fingerprint density at radius 1 is 1.42 bits per heavy atom. The molecule has 1 aliphatic carbocycles. The second kappa shape index (κ2) is 6.18. The maximum atomic E-state index is 9.71. The summed E-state index contributed by atoms with van der Waals surface area (Å²) in [7, 11) is 0. The molecule has 1 aromatic carbocycles. The molecule has 1 aliphatic rings. The van der Waals surface area contributed by atoms with Gasteiger partial charge in [-0.25, -0.2) is 0 Å². The van der Waals surface area contributed by atoms with Crippen molar-refractivity contribution in [1.29, 1.82) is 5.26 Å². The van der Waals surface area contributed by atoms with Crippen LogP contribution in [0.15, 0.2) is 24.3 Å². The summed E-state index contributed by atoms with van der Waals surface area (Å²) < 4.78 is 0. The van der Waals surface area contributed by atoms with Gasteiger partial charge in [0.25, 0.3) is 0 Å². The Balaban J connectivity index is 1.97. The van der Waals surface area contributed by atoms with Crippen molar-refractivity contribution in [3.8, 4) is 6.07 Å². The fourth-order valence-electron chi connectivity index (χ4n) is 3.01. The molecule has 2 unspecified atom stereocenters. The van der Waals surface area contributed by atoms with E-state index in [1.165, 1.54) is 12.8 Å². The van der Waals surface area contributed by atoms with E-state index in [-0.39, 0.29) is 12.1 Å². The summed E-state index contributed by atoms with van der Waals surface area (Å²) in [6, 6.07) is 9.75. The van der Waals surface area contributed by atoms with Crippen molar-refractivity contribution in [3.63, 3.8) is 0 Å². The number of rotatable bonds is 4. The van der Waals surface area contributed by atoms with Crippen molar-refractivity contribution in [2.24, 2.45) is 5.92 Å². The van der Waals surface area contributed by atoms with Crippen LogP contribution in [0.4, 0.5) is 0 Å². The van der Waals surface area contributed by atoms with E-state index in [2.05, 4.69) is 18.3 Å². The Bertz CT molecular complexity index is 449. The molecule has 2 N–H and O–H groups in total. The molecule has 0 aliphatic heterocycles. The molecule has 1 saturated carbocycles. The number of nitrogens with one attached hydrogen (secondary N) is 1. The highest BCUT2D eigenvalue weighted by atomic mass is 16.3. The predicted molar refractivity (Wildman–Crippen MR) is 75.4 cm³/mol. The summed E-state index contributed by atoms with van der Waals surface area (Å²) >= 11 is 0. The van der Waals surface area contributed by atoms with E-state index in [9.17, 15) is 5.11 Å². The summed E-state index contributed by atoms with van der Waals surface area (Å²) in [6.07, 6.45) is 4.53. The Morgan fingerprint density at radius 3 is 2.74 bits per heavy atom. The molecule has 0 saturated heterocycles. The number of aliphatic hydroxyl groups is 1. The van der Waals surface area contributed by atoms with Crippen LogP contribution in [-0.2, 0) is 6.54 Å². The summed E-state index contributed by atoms with van der Waals surface area (Å²) in [4.78, 5) is 0. The van der Waals surface area contributed by atoms with E-state index in [0.717, 1.165) is 24.9 Å². The Kier molecular flexibility index (Phi) is 4.57. The monoisotopic (exact) mass is 258 g/mol. The van der Waals surface area contributed by atoms with Crippen molar-refractivity contribution in [2.75, 3.05) is 6.61 Å². The van der Waals surface area contributed by atoms with Gasteiger partial charge in [-0.05, 0) is 36.5 Å². The maximum Gasteiger partial charge on any atom is 0.0991 e. The largest absolute Gasteiger partial charge is 0.394 e. The van der Waals surface area contributed by atoms with E-state index < -0.39 is 0 Å². The average Bonchev–Trinajstić information content (AvgIpc) is 2.46. The van der Waals surface area contributed by atoms with Gasteiger partial charge in [-0.15, -0.1) is 0 Å². The molecule has 0 radical (unpaired) electrons. The lowest BCUT2D eigenvalue weighted by atomic mass is 9.77. The summed E-state index contributed by atoms with van der Waals surface area (Å²) in [5, 5.41) is 22.0. The van der Waals surface area contributed by atoms with Crippen LogP contribution in [0.2, 0.25) is 0 Å². The molecule has 1 fully saturated rings. The third kappa shape index (κ3) is 3.56. The normalized spacial score (nSPS) is 26.9. The first kappa shape index (κ1) is 14.0. The van der Waals surface area contributed by atoms with Crippen LogP contribution in [0.3, 0.4) is 0 Å². The summed E-state index contributed by atoms with van der Waals surface area (Å²) in [5.74, 6) is 0.675. The van der Waals surface area contributed by atoms with Gasteiger partial charge in [-0.1, -0.05) is 31.9 Å². The van der Waals surface area contributed by atoms with Crippen LogP contribution in [-0.4, -0.2) is 17.3 Å². The van der Waals surface area contributed by atoms with E-state index in [1.807, 2.05) is 24.3 Å². The minimum absolute atomic E-state index is 0.119. The highest BCUT2D eigenvalue weighted by Crippen LogP contribution is 2.32. The highest BCUT2D eigenvalue weighted by molar-refractivity contribution is 5.31. The van der Waals surface area contributed by atoms with Crippen LogP contribution in [0.25, 0.3) is 0 Å². The average molecular weight is 258 g/mol. The maximum absolute atomic E-state index is 9.71. The van der Waals surface area contributed by atoms with Crippen molar-refractivity contribution in [2.45, 2.75) is 44.7 Å². The number of nitriles is 1. The molecule has 0 spiro atoms. The van der Waals surface area contributed by atoms with Gasteiger partial charge in [-0.3, -0.25) is 0 Å². The van der Waals surface area contributed by atoms with Gasteiger partial charge < -0.3 is 10.4 Å². The highest BCUT2D eigenvalue weighted by Gasteiger charge is 2.33. The van der Waals surface area contributed by atoms with Crippen LogP contribution in [0.5, 0.6) is 0 Å². The van der Waals surface area contributed by atoms with Gasteiger partial charge in [0.2, 0.25) is 0 Å². The first-order chi connectivity index (χ1) is 9.17. The number of hydrogen-bond acceptors (Lipinski definition) is 3. The van der Waals surface area contributed by atoms with Gasteiger partial charge in [-0.2, -0.15) is 5.26 Å². The molecule has 0 aromatic heterocycles. The lowest BCUT2D eigenvalue weighted by Gasteiger charge is -2.39. The third-order valence-electron chi connectivity index (χ3n) is 4.14. The molecule has 19 heavy (non-hydrogen) atoms. The molecule has 0 heterocycles. The zero-order valence-electron chi connectivity index (χ0n) is 11.5. The summed E-state index contributed by atoms with van der Waals surface area (Å²) in [6.45, 7) is 3.21. The van der Waals surface area contributed by atoms with Crippen molar-refractivity contribution >= 4 is 0 Å². The lowest BCUT2D eigenvalue weighted by Crippen LogP contribution is -2.51. The number of nitrogens with zero attached hydrogens (tertiary/aromatic N) is 1. The van der Waals surface area contributed by atoms with E-state index in [4.69, 9.17) is 5.26 Å². The molecular weight excluding hydrogens is 236 g/mol. The Morgan fingerprint density at radius 2 is 2.16 bits per heavy atom. The van der Waals surface area contributed by atoms with Crippen LogP contribution in [0, 0.1) is 17.2 Å². The quantitative estimate of drug-likeness (QED) is 0.872. The molecule has 0 bridgehead atoms. The molecule has 102 valence electrons. The van der Waals surface area contributed by atoms with Crippen molar-refractivity contribution < 1.29 is 5.11 Å². The number of aliphatic hydroxyl groups excluding tert-OH is 1. The van der Waals surface area contributed by atoms with Gasteiger partial charge in [0.05, 0.1) is 18.2 Å². The van der Waals surface area contributed by atoms with Crippen molar-refractivity contribution in [1.82, 2.24) is 5.32 Å². The second-order valence-electron chi connectivity index (χ2n) is 5.80. The third-order valence-corrected chi connectivity index (χ3v) is 4.14.